The van der Waals surface area contributed by atoms with E-state index in [9.17, 15) is 4.79 Å². The second-order valence-electron chi connectivity index (χ2n) is 6.81. The van der Waals surface area contributed by atoms with E-state index in [0.29, 0.717) is 12.1 Å². The van der Waals surface area contributed by atoms with Crippen molar-refractivity contribution in [2.75, 3.05) is 13.7 Å². The number of benzene rings is 3. The first-order valence-corrected chi connectivity index (χ1v) is 10.2. The van der Waals surface area contributed by atoms with Crippen molar-refractivity contribution in [1.29, 1.82) is 0 Å². The molecule has 3 aromatic carbocycles. The van der Waals surface area contributed by atoms with Crippen LogP contribution in [0, 0.1) is 0 Å². The summed E-state index contributed by atoms with van der Waals surface area (Å²) in [5, 5.41) is 4.26. The predicted octanol–water partition coefficient (Wildman–Crippen LogP) is 5.50. The number of carbonyl (C=O) groups excluding carboxylic acids is 1. The molecule has 1 aromatic heterocycles. The second-order valence-corrected chi connectivity index (χ2v) is 7.66. The number of aromatic amines is 1. The topological polar surface area (TPSA) is 54.1 Å². The minimum Gasteiger partial charge on any atom is -0.497 e. The van der Waals surface area contributed by atoms with Crippen LogP contribution in [0.4, 0.5) is 0 Å². The van der Waals surface area contributed by atoms with Crippen molar-refractivity contribution in [1.82, 2.24) is 10.3 Å². The number of H-pyrrole nitrogens is 1. The number of para-hydroxylation sites is 1. The largest absolute Gasteiger partial charge is 0.497 e. The summed E-state index contributed by atoms with van der Waals surface area (Å²) in [5.41, 5.74) is 3.97. The van der Waals surface area contributed by atoms with Crippen LogP contribution in [0.2, 0.25) is 0 Å². The van der Waals surface area contributed by atoms with E-state index in [1.807, 2.05) is 54.7 Å². The minimum absolute atomic E-state index is 0.00324. The zero-order chi connectivity index (χ0) is 20.2. The molecule has 1 atom stereocenters. The van der Waals surface area contributed by atoms with Crippen LogP contribution in [-0.2, 0) is 0 Å². The number of carbonyl (C=O) groups is 1. The van der Waals surface area contributed by atoms with Crippen molar-refractivity contribution in [3.8, 4) is 5.75 Å². The molecule has 1 heterocycles. The number of fused-ring (bicyclic) bond motifs is 1. The van der Waals surface area contributed by atoms with Gasteiger partial charge in [0.15, 0.2) is 0 Å². The summed E-state index contributed by atoms with van der Waals surface area (Å²) in [7, 11) is 1.66. The number of nitrogens with one attached hydrogen (secondary N) is 2. The standard InChI is InChI=1S/C24H21BrN2O2/c1-29-17-12-10-16(11-13-17)20(21-15-26-23-9-5-3-6-18(21)23)14-27-24(28)19-7-2-4-8-22(19)25/h2-13,15,20,26H,14H2,1H3,(H,27,28)/t20-/m0/s1. The summed E-state index contributed by atoms with van der Waals surface area (Å²) in [6, 6.07) is 23.7. The molecule has 0 bridgehead atoms. The van der Waals surface area contributed by atoms with Gasteiger partial charge in [-0.25, -0.2) is 0 Å². The first-order chi connectivity index (χ1) is 14.2. The minimum atomic E-state index is -0.101. The molecule has 1 amide bonds. The number of hydrogen-bond acceptors (Lipinski definition) is 2. The van der Waals surface area contributed by atoms with Crippen LogP contribution in [-0.4, -0.2) is 24.5 Å². The molecule has 146 valence electrons. The number of amides is 1. The molecule has 0 aliphatic rings. The Bertz CT molecular complexity index is 1140. The fraction of sp³-hybridized carbons (Fsp3) is 0.125. The van der Waals surface area contributed by atoms with Gasteiger partial charge in [0.2, 0.25) is 0 Å². The van der Waals surface area contributed by atoms with Crippen molar-refractivity contribution < 1.29 is 9.53 Å². The van der Waals surface area contributed by atoms with Gasteiger partial charge in [-0.2, -0.15) is 0 Å². The van der Waals surface area contributed by atoms with Gasteiger partial charge in [-0.3, -0.25) is 4.79 Å². The van der Waals surface area contributed by atoms with Gasteiger partial charge in [0.25, 0.3) is 5.91 Å². The Morgan fingerprint density at radius 3 is 2.52 bits per heavy atom. The van der Waals surface area contributed by atoms with Crippen molar-refractivity contribution in [2.24, 2.45) is 0 Å². The van der Waals surface area contributed by atoms with Gasteiger partial charge in [-0.1, -0.05) is 42.5 Å². The summed E-state index contributed by atoms with van der Waals surface area (Å²) in [6.07, 6.45) is 2.03. The maximum absolute atomic E-state index is 12.8. The van der Waals surface area contributed by atoms with Gasteiger partial charge in [0.1, 0.15) is 5.75 Å². The highest BCUT2D eigenvalue weighted by Gasteiger charge is 2.20. The van der Waals surface area contributed by atoms with Crippen LogP contribution in [0.3, 0.4) is 0 Å². The normalized spacial score (nSPS) is 11.9. The van der Waals surface area contributed by atoms with Crippen LogP contribution < -0.4 is 10.1 Å². The fourth-order valence-corrected chi connectivity index (χ4v) is 4.03. The number of ether oxygens (including phenoxy) is 1. The number of rotatable bonds is 6. The van der Waals surface area contributed by atoms with Gasteiger partial charge >= 0.3 is 0 Å². The summed E-state index contributed by atoms with van der Waals surface area (Å²) in [4.78, 5) is 16.1. The highest BCUT2D eigenvalue weighted by molar-refractivity contribution is 9.10. The highest BCUT2D eigenvalue weighted by Crippen LogP contribution is 2.31. The molecule has 4 rings (SSSR count). The van der Waals surface area contributed by atoms with Crippen LogP contribution >= 0.6 is 15.9 Å². The smallest absolute Gasteiger partial charge is 0.252 e. The maximum atomic E-state index is 12.8. The van der Waals surface area contributed by atoms with E-state index < -0.39 is 0 Å². The third-order valence-corrected chi connectivity index (χ3v) is 5.79. The van der Waals surface area contributed by atoms with Crippen molar-refractivity contribution >= 4 is 32.7 Å². The average Bonchev–Trinajstić information content (AvgIpc) is 3.18. The Kier molecular flexibility index (Phi) is 5.67. The van der Waals surface area contributed by atoms with Crippen molar-refractivity contribution in [2.45, 2.75) is 5.92 Å². The third kappa shape index (κ3) is 4.05. The molecule has 0 aliphatic carbocycles. The van der Waals surface area contributed by atoms with E-state index >= 15 is 0 Å². The lowest BCUT2D eigenvalue weighted by atomic mass is 9.90. The Morgan fingerprint density at radius 2 is 1.76 bits per heavy atom. The Hall–Kier alpha value is -3.05. The van der Waals surface area contributed by atoms with Crippen molar-refractivity contribution in [3.63, 3.8) is 0 Å². The molecular formula is C24H21BrN2O2. The molecule has 4 nitrogen and oxygen atoms in total. The zero-order valence-corrected chi connectivity index (χ0v) is 17.6. The number of halogens is 1. The van der Waals surface area contributed by atoms with E-state index in [-0.39, 0.29) is 11.8 Å². The van der Waals surface area contributed by atoms with E-state index in [2.05, 4.69) is 50.5 Å². The van der Waals surface area contributed by atoms with Gasteiger partial charge in [-0.05, 0) is 57.4 Å². The Morgan fingerprint density at radius 1 is 1.03 bits per heavy atom. The molecule has 0 aliphatic heterocycles. The lowest BCUT2D eigenvalue weighted by Gasteiger charge is -2.19. The van der Waals surface area contributed by atoms with Crippen LogP contribution in [0.1, 0.15) is 27.4 Å². The molecule has 0 radical (unpaired) electrons. The van der Waals surface area contributed by atoms with E-state index in [1.54, 1.807) is 7.11 Å². The summed E-state index contributed by atoms with van der Waals surface area (Å²) in [6.45, 7) is 0.481. The summed E-state index contributed by atoms with van der Waals surface area (Å²) < 4.78 is 6.08. The molecule has 5 heteroatoms. The average molecular weight is 449 g/mol. The van der Waals surface area contributed by atoms with Crippen LogP contribution in [0.25, 0.3) is 10.9 Å². The molecular weight excluding hydrogens is 428 g/mol. The monoisotopic (exact) mass is 448 g/mol. The number of hydrogen-bond donors (Lipinski definition) is 2. The third-order valence-electron chi connectivity index (χ3n) is 5.10. The SMILES string of the molecule is COc1ccc([C@H](CNC(=O)c2ccccc2Br)c2c[nH]c3ccccc23)cc1. The molecule has 0 fully saturated rings. The fourth-order valence-electron chi connectivity index (χ4n) is 3.56. The van der Waals surface area contributed by atoms with E-state index in [4.69, 9.17) is 4.74 Å². The quantitative estimate of drug-likeness (QED) is 0.409. The molecule has 0 saturated heterocycles. The van der Waals surface area contributed by atoms with Gasteiger partial charge in [-0.15, -0.1) is 0 Å². The van der Waals surface area contributed by atoms with Crippen LogP contribution in [0.5, 0.6) is 5.75 Å². The van der Waals surface area contributed by atoms with Crippen LogP contribution in [0.15, 0.2) is 83.5 Å². The molecule has 2 N–H and O–H groups in total. The first kappa shape index (κ1) is 19.3. The highest BCUT2D eigenvalue weighted by atomic mass is 79.9. The molecule has 4 aromatic rings. The molecule has 0 spiro atoms. The van der Waals surface area contributed by atoms with Gasteiger partial charge in [0, 0.05) is 34.0 Å². The molecule has 29 heavy (non-hydrogen) atoms. The Labute approximate surface area is 178 Å². The Balaban J connectivity index is 1.66. The van der Waals surface area contributed by atoms with Gasteiger partial charge in [0.05, 0.1) is 12.7 Å². The van der Waals surface area contributed by atoms with Crippen molar-refractivity contribution in [3.05, 3.63) is 100 Å². The maximum Gasteiger partial charge on any atom is 0.252 e. The first-order valence-electron chi connectivity index (χ1n) is 9.40. The second kappa shape index (κ2) is 8.53. The lowest BCUT2D eigenvalue weighted by molar-refractivity contribution is 0.0951. The van der Waals surface area contributed by atoms with E-state index in [0.717, 1.165) is 32.3 Å². The van der Waals surface area contributed by atoms with E-state index in [1.165, 1.54) is 0 Å². The lowest BCUT2D eigenvalue weighted by Crippen LogP contribution is -2.29. The number of methoxy groups -OCH3 is 1. The van der Waals surface area contributed by atoms with Gasteiger partial charge < -0.3 is 15.0 Å². The molecule has 0 unspecified atom stereocenters. The predicted molar refractivity (Wildman–Crippen MR) is 120 cm³/mol. The summed E-state index contributed by atoms with van der Waals surface area (Å²) in [5.74, 6) is 0.711. The number of aromatic nitrogens is 1. The summed E-state index contributed by atoms with van der Waals surface area (Å²) >= 11 is 3.46. The molecule has 0 saturated carbocycles. The zero-order valence-electron chi connectivity index (χ0n) is 16.0.